The lowest BCUT2D eigenvalue weighted by atomic mass is 9.81. The van der Waals surface area contributed by atoms with Crippen molar-refractivity contribution in [2.45, 2.75) is 31.8 Å². The van der Waals surface area contributed by atoms with Crippen LogP contribution in [0.1, 0.15) is 30.5 Å². The molecule has 0 saturated carbocycles. The molecule has 3 N–H and O–H groups in total. The molecule has 0 radical (unpaired) electrons. The fraction of sp³-hybridized carbons (Fsp3) is 0.320. The van der Waals surface area contributed by atoms with Gasteiger partial charge >= 0.3 is 6.03 Å². The number of urea groups is 1. The predicted molar refractivity (Wildman–Crippen MR) is 131 cm³/mol. The van der Waals surface area contributed by atoms with Gasteiger partial charge in [-0.1, -0.05) is 6.92 Å². The van der Waals surface area contributed by atoms with Crippen LogP contribution >= 0.6 is 0 Å². The average molecular weight is 512 g/mol. The highest BCUT2D eigenvalue weighted by Crippen LogP contribution is 2.33. The van der Waals surface area contributed by atoms with Crippen molar-refractivity contribution in [3.63, 3.8) is 0 Å². The predicted octanol–water partition coefficient (Wildman–Crippen LogP) is 2.57. The number of carbonyl (C=O) groups is 3. The van der Waals surface area contributed by atoms with Gasteiger partial charge in [0.2, 0.25) is 11.9 Å². The van der Waals surface area contributed by atoms with Gasteiger partial charge in [-0.15, -0.1) is 0 Å². The number of imidazole rings is 1. The summed E-state index contributed by atoms with van der Waals surface area (Å²) in [6, 6.07) is 3.27. The third kappa shape index (κ3) is 4.99. The number of likely N-dealkylation sites (N-methyl/N-ethyl adjacent to an activating group) is 1. The Morgan fingerprint density at radius 2 is 1.95 bits per heavy atom. The van der Waals surface area contributed by atoms with Crippen molar-refractivity contribution < 1.29 is 23.2 Å². The molecule has 0 bridgehead atoms. The van der Waals surface area contributed by atoms with Crippen LogP contribution in [0.25, 0.3) is 0 Å². The van der Waals surface area contributed by atoms with Crippen LogP contribution < -0.4 is 16.0 Å². The molecular formula is C25H27F2N7O3. The Kier molecular flexibility index (Phi) is 7.18. The summed E-state index contributed by atoms with van der Waals surface area (Å²) in [6.07, 6.45) is 5.04. The summed E-state index contributed by atoms with van der Waals surface area (Å²) >= 11 is 0. The molecule has 37 heavy (non-hydrogen) atoms. The van der Waals surface area contributed by atoms with Gasteiger partial charge in [-0.2, -0.15) is 0 Å². The van der Waals surface area contributed by atoms with E-state index in [0.29, 0.717) is 11.5 Å². The van der Waals surface area contributed by atoms with Crippen LogP contribution in [0.15, 0.2) is 48.9 Å². The normalized spacial score (nSPS) is 17.8. The van der Waals surface area contributed by atoms with Crippen LogP contribution in [0.4, 0.5) is 25.3 Å². The zero-order valence-electron chi connectivity index (χ0n) is 20.6. The average Bonchev–Trinajstić information content (AvgIpc) is 3.30. The molecule has 0 aliphatic carbocycles. The Balaban J connectivity index is 1.62. The maximum absolute atomic E-state index is 14.4. The zero-order chi connectivity index (χ0) is 26.9. The van der Waals surface area contributed by atoms with Crippen LogP contribution in [0.3, 0.4) is 0 Å². The molecule has 194 valence electrons. The molecule has 1 fully saturated rings. The topological polar surface area (TPSA) is 126 Å². The van der Waals surface area contributed by atoms with E-state index in [4.69, 9.17) is 5.73 Å². The molecule has 12 heteroatoms. The fourth-order valence-corrected chi connectivity index (χ4v) is 4.51. The molecule has 3 heterocycles. The van der Waals surface area contributed by atoms with Crippen molar-refractivity contribution in [2.75, 3.05) is 17.7 Å². The lowest BCUT2D eigenvalue weighted by Gasteiger charge is -2.45. The first-order chi connectivity index (χ1) is 17.6. The van der Waals surface area contributed by atoms with E-state index in [1.165, 1.54) is 24.3 Å². The highest BCUT2D eigenvalue weighted by Gasteiger charge is 2.55. The summed E-state index contributed by atoms with van der Waals surface area (Å²) in [5.74, 6) is -2.73. The van der Waals surface area contributed by atoms with Gasteiger partial charge in [0.25, 0.3) is 5.91 Å². The molecule has 0 unspecified atom stereocenters. The molecule has 1 aromatic carbocycles. The summed E-state index contributed by atoms with van der Waals surface area (Å²) in [5, 5.41) is 2.58. The molecule has 1 saturated heterocycles. The number of nitrogens with two attached hydrogens (primary N) is 1. The van der Waals surface area contributed by atoms with E-state index in [1.54, 1.807) is 36.9 Å². The van der Waals surface area contributed by atoms with Gasteiger partial charge in [0.15, 0.2) is 0 Å². The number of nitrogen functional groups attached to an aromatic ring is 1. The van der Waals surface area contributed by atoms with Gasteiger partial charge in [0.1, 0.15) is 23.5 Å². The first kappa shape index (κ1) is 25.7. The second-order valence-electron chi connectivity index (χ2n) is 8.86. The van der Waals surface area contributed by atoms with Gasteiger partial charge < -0.3 is 15.6 Å². The summed E-state index contributed by atoms with van der Waals surface area (Å²) in [4.78, 5) is 50.3. The van der Waals surface area contributed by atoms with E-state index in [0.717, 1.165) is 23.1 Å². The molecule has 10 nitrogen and oxygen atoms in total. The number of β-lactam (4-membered cyclic amide) rings is 1. The lowest BCUT2D eigenvalue weighted by molar-refractivity contribution is -0.156. The van der Waals surface area contributed by atoms with Gasteiger partial charge in [-0.25, -0.2) is 23.5 Å². The first-order valence-corrected chi connectivity index (χ1v) is 11.7. The van der Waals surface area contributed by atoms with Crippen molar-refractivity contribution in [1.29, 1.82) is 0 Å². The van der Waals surface area contributed by atoms with E-state index >= 15 is 0 Å². The number of hydrogen-bond donors (Lipinski definition) is 2. The molecule has 1 aliphatic heterocycles. The quantitative estimate of drug-likeness (QED) is 0.470. The van der Waals surface area contributed by atoms with Crippen molar-refractivity contribution in [3.05, 3.63) is 71.7 Å². The minimum Gasteiger partial charge on any atom is -0.384 e. The molecular weight excluding hydrogens is 484 g/mol. The van der Waals surface area contributed by atoms with Crippen molar-refractivity contribution >= 4 is 29.6 Å². The lowest BCUT2D eigenvalue weighted by Crippen LogP contribution is -2.70. The number of likely N-dealkylation sites (tertiary alicyclic amines) is 1. The number of amides is 4. The molecule has 0 spiro atoms. The number of aromatic nitrogens is 3. The summed E-state index contributed by atoms with van der Waals surface area (Å²) in [5.41, 5.74) is 6.38. The van der Waals surface area contributed by atoms with Gasteiger partial charge in [-0.05, 0) is 48.7 Å². The van der Waals surface area contributed by atoms with Crippen LogP contribution in [0.5, 0.6) is 0 Å². The van der Waals surface area contributed by atoms with Crippen molar-refractivity contribution in [3.8, 4) is 0 Å². The third-order valence-electron chi connectivity index (χ3n) is 6.45. The summed E-state index contributed by atoms with van der Waals surface area (Å²) in [7, 11) is 3.21. The number of rotatable bonds is 7. The van der Waals surface area contributed by atoms with E-state index in [-0.39, 0.29) is 24.2 Å². The van der Waals surface area contributed by atoms with Crippen LogP contribution in [0.2, 0.25) is 0 Å². The van der Waals surface area contributed by atoms with E-state index in [1.807, 2.05) is 0 Å². The van der Waals surface area contributed by atoms with Crippen LogP contribution in [-0.4, -0.2) is 50.4 Å². The standard InChI is InChI=1S/C25H27F2N7O3/c1-4-19(16-13-15(26)5-6-18(16)27)31-25(37)34-21(23(36)33(3)24-30-9-10-32(24)2)17(22(34)35)11-14-7-8-29-20(28)12-14/h5-10,12-13,17,19,21H,4,11H2,1-3H3,(H2,28,29)(H,31,37)/t17-,19+,21+/m1/s1. The smallest absolute Gasteiger partial charge is 0.325 e. The number of carbonyl (C=O) groups excluding carboxylic acids is 3. The Labute approximate surface area is 212 Å². The third-order valence-corrected chi connectivity index (χ3v) is 6.45. The number of hydrogen-bond acceptors (Lipinski definition) is 6. The second kappa shape index (κ2) is 10.3. The maximum atomic E-state index is 14.4. The van der Waals surface area contributed by atoms with Crippen LogP contribution in [0, 0.1) is 17.6 Å². The number of nitrogens with one attached hydrogen (secondary N) is 1. The van der Waals surface area contributed by atoms with Gasteiger partial charge in [-0.3, -0.25) is 19.4 Å². The summed E-state index contributed by atoms with van der Waals surface area (Å²) in [6.45, 7) is 1.68. The Hall–Kier alpha value is -4.35. The van der Waals surface area contributed by atoms with Crippen molar-refractivity contribution in [2.24, 2.45) is 13.0 Å². The number of anilines is 2. The fourth-order valence-electron chi connectivity index (χ4n) is 4.51. The monoisotopic (exact) mass is 511 g/mol. The highest BCUT2D eigenvalue weighted by molar-refractivity contribution is 6.12. The second-order valence-corrected chi connectivity index (χ2v) is 8.86. The number of pyridine rings is 1. The van der Waals surface area contributed by atoms with Crippen LogP contribution in [-0.2, 0) is 23.1 Å². The Bertz CT molecular complexity index is 1350. The molecule has 4 amide bonds. The number of halogens is 2. The maximum Gasteiger partial charge on any atom is 0.325 e. The van der Waals surface area contributed by atoms with E-state index < -0.39 is 47.5 Å². The first-order valence-electron chi connectivity index (χ1n) is 11.7. The SMILES string of the molecule is CC[C@H](NC(=O)N1C(=O)[C@H](Cc2ccnc(N)c2)[C@H]1C(=O)N(C)c1nccn1C)c1cc(F)ccc1F. The molecule has 3 aromatic rings. The van der Waals surface area contributed by atoms with Gasteiger partial charge in [0, 0.05) is 38.2 Å². The highest BCUT2D eigenvalue weighted by atomic mass is 19.1. The molecule has 3 atom stereocenters. The number of imide groups is 1. The number of aryl methyl sites for hydroxylation is 1. The van der Waals surface area contributed by atoms with Gasteiger partial charge in [0.05, 0.1) is 12.0 Å². The Morgan fingerprint density at radius 3 is 2.59 bits per heavy atom. The van der Waals surface area contributed by atoms with E-state index in [2.05, 4.69) is 15.3 Å². The van der Waals surface area contributed by atoms with Crippen molar-refractivity contribution in [1.82, 2.24) is 24.8 Å². The molecule has 1 aliphatic rings. The minimum atomic E-state index is -1.15. The zero-order valence-corrected chi connectivity index (χ0v) is 20.6. The number of nitrogens with zero attached hydrogens (tertiary/aromatic N) is 5. The largest absolute Gasteiger partial charge is 0.384 e. The Morgan fingerprint density at radius 1 is 1.19 bits per heavy atom. The molecule has 2 aromatic heterocycles. The minimum absolute atomic E-state index is 0.0550. The summed E-state index contributed by atoms with van der Waals surface area (Å²) < 4.78 is 29.8. The number of benzene rings is 1. The van der Waals surface area contributed by atoms with E-state index in [9.17, 15) is 23.2 Å². The molecule has 4 rings (SSSR count).